The van der Waals surface area contributed by atoms with Gasteiger partial charge in [-0.25, -0.2) is 9.40 Å². The van der Waals surface area contributed by atoms with Gasteiger partial charge in [-0.15, -0.1) is 0 Å². The lowest BCUT2D eigenvalue weighted by atomic mass is 9.96. The second-order valence-corrected chi connectivity index (χ2v) is 7.74. The van der Waals surface area contributed by atoms with Gasteiger partial charge in [0.05, 0.1) is 18.4 Å². The first-order valence-electron chi connectivity index (χ1n) is 9.93. The molecular formula is C24H20ClFN2O2. The predicted octanol–water partition coefficient (Wildman–Crippen LogP) is 6.12. The number of hydrazone groups is 1. The van der Waals surface area contributed by atoms with Crippen molar-refractivity contribution in [2.24, 2.45) is 5.10 Å². The molecule has 3 aromatic rings. The van der Waals surface area contributed by atoms with Gasteiger partial charge in [0.25, 0.3) is 0 Å². The highest BCUT2D eigenvalue weighted by Crippen LogP contribution is 2.48. The Morgan fingerprint density at radius 3 is 2.60 bits per heavy atom. The van der Waals surface area contributed by atoms with Crippen molar-refractivity contribution in [1.29, 1.82) is 0 Å². The summed E-state index contributed by atoms with van der Waals surface area (Å²) in [7, 11) is 0. The topological polar surface area (TPSA) is 34.1 Å². The second kappa shape index (κ2) is 7.65. The molecule has 2 aliphatic heterocycles. The zero-order valence-electron chi connectivity index (χ0n) is 16.4. The molecule has 30 heavy (non-hydrogen) atoms. The number of hydrogen-bond acceptors (Lipinski definition) is 4. The lowest BCUT2D eigenvalue weighted by Gasteiger charge is -2.38. The summed E-state index contributed by atoms with van der Waals surface area (Å²) >= 11 is 6.27. The van der Waals surface area contributed by atoms with Gasteiger partial charge in [-0.3, -0.25) is 0 Å². The highest BCUT2D eigenvalue weighted by Gasteiger charge is 2.41. The van der Waals surface area contributed by atoms with Crippen LogP contribution >= 0.6 is 11.6 Å². The molecule has 2 atom stereocenters. The van der Waals surface area contributed by atoms with Crippen molar-refractivity contribution in [3.05, 3.63) is 94.3 Å². The first-order valence-corrected chi connectivity index (χ1v) is 10.3. The Kier molecular flexibility index (Phi) is 4.83. The fourth-order valence-corrected chi connectivity index (χ4v) is 4.17. The van der Waals surface area contributed by atoms with E-state index in [4.69, 9.17) is 26.2 Å². The number of hydrogen-bond donors (Lipinski definition) is 0. The van der Waals surface area contributed by atoms with Gasteiger partial charge in [0.1, 0.15) is 17.3 Å². The second-order valence-electron chi connectivity index (χ2n) is 7.31. The zero-order valence-corrected chi connectivity index (χ0v) is 17.1. The minimum absolute atomic E-state index is 0.0101. The summed E-state index contributed by atoms with van der Waals surface area (Å²) < 4.78 is 25.3. The lowest BCUT2D eigenvalue weighted by molar-refractivity contribution is -0.0190. The molecule has 0 saturated heterocycles. The van der Waals surface area contributed by atoms with Crippen molar-refractivity contribution in [2.75, 3.05) is 6.61 Å². The van der Waals surface area contributed by atoms with Gasteiger partial charge in [0, 0.05) is 22.6 Å². The van der Waals surface area contributed by atoms with E-state index in [1.54, 1.807) is 12.1 Å². The Morgan fingerprint density at radius 2 is 1.87 bits per heavy atom. The van der Waals surface area contributed by atoms with E-state index in [0.29, 0.717) is 18.1 Å². The van der Waals surface area contributed by atoms with E-state index < -0.39 is 0 Å². The Labute approximate surface area is 179 Å². The first-order chi connectivity index (χ1) is 14.6. The monoisotopic (exact) mass is 422 g/mol. The van der Waals surface area contributed by atoms with Crippen LogP contribution in [0.2, 0.25) is 5.02 Å². The quantitative estimate of drug-likeness (QED) is 0.508. The SMILES string of the molecule is CCOc1ccc(C2Oc3ccc(Cl)cc3C3CC(c4ccc(F)cc4)=NN32)cc1. The molecule has 0 N–H and O–H groups in total. The molecule has 0 saturated carbocycles. The fourth-order valence-electron chi connectivity index (χ4n) is 3.99. The molecule has 0 fully saturated rings. The lowest BCUT2D eigenvalue weighted by Crippen LogP contribution is -2.33. The van der Waals surface area contributed by atoms with Crippen molar-refractivity contribution >= 4 is 17.3 Å². The van der Waals surface area contributed by atoms with Crippen LogP contribution in [0.4, 0.5) is 4.39 Å². The first kappa shape index (κ1) is 18.9. The fraction of sp³-hybridized carbons (Fsp3) is 0.208. The van der Waals surface area contributed by atoms with E-state index in [-0.39, 0.29) is 18.1 Å². The number of ether oxygens (including phenoxy) is 2. The molecule has 2 heterocycles. The summed E-state index contributed by atoms with van der Waals surface area (Å²) in [6, 6.07) is 20.0. The Hall–Kier alpha value is -3.05. The summed E-state index contributed by atoms with van der Waals surface area (Å²) in [4.78, 5) is 0. The number of nitrogens with zero attached hydrogens (tertiary/aromatic N) is 2. The van der Waals surface area contributed by atoms with E-state index in [9.17, 15) is 4.39 Å². The van der Waals surface area contributed by atoms with Crippen LogP contribution in [0.15, 0.2) is 71.8 Å². The van der Waals surface area contributed by atoms with Crippen LogP contribution in [0.3, 0.4) is 0 Å². The maximum Gasteiger partial charge on any atom is 0.213 e. The normalized spacial score (nSPS) is 19.6. The summed E-state index contributed by atoms with van der Waals surface area (Å²) in [6.45, 7) is 2.58. The van der Waals surface area contributed by atoms with Crippen molar-refractivity contribution in [1.82, 2.24) is 5.01 Å². The van der Waals surface area contributed by atoms with Crippen molar-refractivity contribution in [3.63, 3.8) is 0 Å². The third-order valence-electron chi connectivity index (χ3n) is 5.41. The summed E-state index contributed by atoms with van der Waals surface area (Å²) in [5, 5.41) is 7.52. The molecule has 4 nitrogen and oxygen atoms in total. The summed E-state index contributed by atoms with van der Waals surface area (Å²) in [5.41, 5.74) is 3.78. The third-order valence-corrected chi connectivity index (χ3v) is 5.64. The van der Waals surface area contributed by atoms with Gasteiger partial charge in [0.15, 0.2) is 0 Å². The van der Waals surface area contributed by atoms with Gasteiger partial charge in [-0.05, 0) is 67.1 Å². The molecule has 3 aromatic carbocycles. The van der Waals surface area contributed by atoms with Crippen molar-refractivity contribution in [3.8, 4) is 11.5 Å². The van der Waals surface area contributed by atoms with E-state index in [0.717, 1.165) is 33.9 Å². The Bertz CT molecular complexity index is 1100. The predicted molar refractivity (Wildman–Crippen MR) is 115 cm³/mol. The molecule has 0 amide bonds. The van der Waals surface area contributed by atoms with E-state index in [1.165, 1.54) is 12.1 Å². The van der Waals surface area contributed by atoms with Crippen LogP contribution in [0, 0.1) is 5.82 Å². The molecule has 152 valence electrons. The van der Waals surface area contributed by atoms with Crippen LogP contribution < -0.4 is 9.47 Å². The van der Waals surface area contributed by atoms with Crippen LogP contribution in [-0.4, -0.2) is 17.3 Å². The molecule has 0 aromatic heterocycles. The summed E-state index contributed by atoms with van der Waals surface area (Å²) in [5.74, 6) is 1.36. The number of halogens is 2. The van der Waals surface area contributed by atoms with E-state index in [1.807, 2.05) is 54.4 Å². The van der Waals surface area contributed by atoms with E-state index >= 15 is 0 Å². The molecule has 0 aliphatic carbocycles. The highest BCUT2D eigenvalue weighted by molar-refractivity contribution is 6.30. The third kappa shape index (κ3) is 3.39. The number of benzene rings is 3. The highest BCUT2D eigenvalue weighted by atomic mass is 35.5. The van der Waals surface area contributed by atoms with Gasteiger partial charge in [0.2, 0.25) is 6.23 Å². The average molecular weight is 423 g/mol. The number of fused-ring (bicyclic) bond motifs is 3. The molecular weight excluding hydrogens is 403 g/mol. The molecule has 0 bridgehead atoms. The van der Waals surface area contributed by atoms with Gasteiger partial charge in [-0.2, -0.15) is 5.10 Å². The molecule has 5 rings (SSSR count). The van der Waals surface area contributed by atoms with Crippen LogP contribution in [-0.2, 0) is 0 Å². The standard InChI is InChI=1S/C24H20ClFN2O2/c1-2-29-19-10-5-16(6-11-19)24-28-22(20-13-17(25)7-12-23(20)30-24)14-21(27-28)15-3-8-18(26)9-4-15/h3-13,22,24H,2,14H2,1H3. The van der Waals surface area contributed by atoms with Crippen LogP contribution in [0.25, 0.3) is 0 Å². The number of rotatable bonds is 4. The molecule has 0 radical (unpaired) electrons. The largest absolute Gasteiger partial charge is 0.494 e. The minimum Gasteiger partial charge on any atom is -0.494 e. The molecule has 2 unspecified atom stereocenters. The molecule has 0 spiro atoms. The summed E-state index contributed by atoms with van der Waals surface area (Å²) in [6.07, 6.45) is 0.313. The molecule has 6 heteroatoms. The minimum atomic E-state index is -0.377. The van der Waals surface area contributed by atoms with Crippen molar-refractivity contribution < 1.29 is 13.9 Å². The average Bonchev–Trinajstić information content (AvgIpc) is 3.20. The Morgan fingerprint density at radius 1 is 1.10 bits per heavy atom. The van der Waals surface area contributed by atoms with Crippen molar-refractivity contribution in [2.45, 2.75) is 25.6 Å². The Balaban J connectivity index is 1.55. The van der Waals surface area contributed by atoms with Gasteiger partial charge in [-0.1, -0.05) is 23.7 Å². The maximum atomic E-state index is 13.4. The molecule has 2 aliphatic rings. The smallest absolute Gasteiger partial charge is 0.213 e. The van der Waals surface area contributed by atoms with Gasteiger partial charge < -0.3 is 9.47 Å². The van der Waals surface area contributed by atoms with Crippen LogP contribution in [0.5, 0.6) is 11.5 Å². The zero-order chi connectivity index (χ0) is 20.7. The van der Waals surface area contributed by atoms with Gasteiger partial charge >= 0.3 is 0 Å². The van der Waals surface area contributed by atoms with Crippen LogP contribution in [0.1, 0.15) is 42.3 Å². The van der Waals surface area contributed by atoms with E-state index in [2.05, 4.69) is 0 Å². The maximum absolute atomic E-state index is 13.4.